The summed E-state index contributed by atoms with van der Waals surface area (Å²) in [6, 6.07) is 0. The lowest BCUT2D eigenvalue weighted by Crippen LogP contribution is -2.40. The molecule has 1 nitrogen and oxygen atoms in total. The molecule has 0 aromatic rings. The molecule has 0 bridgehead atoms. The van der Waals surface area contributed by atoms with Gasteiger partial charge < -0.3 is 5.32 Å². The van der Waals surface area contributed by atoms with E-state index in [9.17, 15) is 0 Å². The van der Waals surface area contributed by atoms with E-state index < -0.39 is 0 Å². The molecule has 0 amide bonds. The summed E-state index contributed by atoms with van der Waals surface area (Å²) >= 11 is 0. The number of hydrogen-bond acceptors (Lipinski definition) is 1. The van der Waals surface area contributed by atoms with Crippen LogP contribution in [0, 0.1) is 0 Å². The number of rotatable bonds is 4. The summed E-state index contributed by atoms with van der Waals surface area (Å²) in [7, 11) is 0. The van der Waals surface area contributed by atoms with Crippen molar-refractivity contribution in [2.24, 2.45) is 0 Å². The minimum atomic E-state index is 0.415. The molecular formula is C11H21N. The maximum atomic E-state index is 4.00. The lowest BCUT2D eigenvalue weighted by atomic mass is 10.0. The summed E-state index contributed by atoms with van der Waals surface area (Å²) < 4.78 is 0. The van der Waals surface area contributed by atoms with Crippen LogP contribution in [0.15, 0.2) is 12.2 Å². The van der Waals surface area contributed by atoms with Crippen LogP contribution < -0.4 is 5.32 Å². The van der Waals surface area contributed by atoms with Crippen molar-refractivity contribution in [2.45, 2.75) is 51.5 Å². The lowest BCUT2D eigenvalue weighted by Gasteiger charge is -2.25. The molecule has 0 unspecified atom stereocenters. The van der Waals surface area contributed by atoms with Crippen LogP contribution in [0.1, 0.15) is 46.0 Å². The molecule has 12 heavy (non-hydrogen) atoms. The third-order valence-corrected chi connectivity index (χ3v) is 2.97. The monoisotopic (exact) mass is 167 g/mol. The fourth-order valence-corrected chi connectivity index (χ4v) is 1.80. The molecule has 0 heterocycles. The van der Waals surface area contributed by atoms with E-state index in [1.165, 1.54) is 31.3 Å². The summed E-state index contributed by atoms with van der Waals surface area (Å²) in [5.74, 6) is 0. The predicted molar refractivity (Wildman–Crippen MR) is 54.3 cm³/mol. The molecule has 0 radical (unpaired) electrons. The molecule has 1 fully saturated rings. The topological polar surface area (TPSA) is 12.0 Å². The van der Waals surface area contributed by atoms with E-state index in [1.807, 2.05) is 0 Å². The Morgan fingerprint density at radius 1 is 1.42 bits per heavy atom. The minimum absolute atomic E-state index is 0.415. The van der Waals surface area contributed by atoms with Gasteiger partial charge in [-0.25, -0.2) is 0 Å². The Morgan fingerprint density at radius 2 is 2.00 bits per heavy atom. The quantitative estimate of drug-likeness (QED) is 0.635. The average molecular weight is 167 g/mol. The van der Waals surface area contributed by atoms with E-state index in [1.54, 1.807) is 0 Å². The highest BCUT2D eigenvalue weighted by Crippen LogP contribution is 2.28. The van der Waals surface area contributed by atoms with Gasteiger partial charge in [0.15, 0.2) is 0 Å². The van der Waals surface area contributed by atoms with Crippen LogP contribution in [-0.4, -0.2) is 12.1 Å². The first-order valence-corrected chi connectivity index (χ1v) is 5.08. The van der Waals surface area contributed by atoms with Crippen molar-refractivity contribution in [2.75, 3.05) is 6.54 Å². The second-order valence-corrected chi connectivity index (χ2v) is 4.22. The van der Waals surface area contributed by atoms with Crippen molar-refractivity contribution >= 4 is 0 Å². The highest BCUT2D eigenvalue weighted by Gasteiger charge is 2.27. The Morgan fingerprint density at radius 3 is 2.50 bits per heavy atom. The Kier molecular flexibility index (Phi) is 3.33. The minimum Gasteiger partial charge on any atom is -0.308 e. The zero-order valence-corrected chi connectivity index (χ0v) is 8.45. The first-order chi connectivity index (χ1) is 5.66. The zero-order chi connectivity index (χ0) is 9.03. The van der Waals surface area contributed by atoms with Gasteiger partial charge in [0.25, 0.3) is 0 Å². The van der Waals surface area contributed by atoms with Crippen molar-refractivity contribution in [1.29, 1.82) is 0 Å². The zero-order valence-electron chi connectivity index (χ0n) is 8.45. The Labute approximate surface area is 76.2 Å². The van der Waals surface area contributed by atoms with Crippen LogP contribution in [0.4, 0.5) is 0 Å². The van der Waals surface area contributed by atoms with Crippen LogP contribution in [0.5, 0.6) is 0 Å². The lowest BCUT2D eigenvalue weighted by molar-refractivity contribution is 0.377. The molecule has 1 aliphatic rings. The van der Waals surface area contributed by atoms with Gasteiger partial charge in [0.1, 0.15) is 0 Å². The molecule has 1 aliphatic carbocycles. The van der Waals surface area contributed by atoms with Gasteiger partial charge in [-0.2, -0.15) is 0 Å². The molecule has 0 saturated heterocycles. The number of nitrogens with one attached hydrogen (secondary N) is 1. The number of hydrogen-bond donors (Lipinski definition) is 1. The third-order valence-electron chi connectivity index (χ3n) is 2.97. The van der Waals surface area contributed by atoms with Crippen molar-refractivity contribution in [1.82, 2.24) is 5.32 Å². The van der Waals surface area contributed by atoms with Crippen LogP contribution >= 0.6 is 0 Å². The normalized spacial score (nSPS) is 21.2. The van der Waals surface area contributed by atoms with Crippen LogP contribution in [-0.2, 0) is 0 Å². The molecule has 1 N–H and O–H groups in total. The Bertz CT molecular complexity index is 154. The van der Waals surface area contributed by atoms with E-state index in [4.69, 9.17) is 0 Å². The molecule has 0 spiro atoms. The first kappa shape index (κ1) is 9.79. The first-order valence-electron chi connectivity index (χ1n) is 5.08. The second kappa shape index (κ2) is 4.08. The van der Waals surface area contributed by atoms with Gasteiger partial charge in [0.05, 0.1) is 0 Å². The third kappa shape index (κ3) is 2.63. The van der Waals surface area contributed by atoms with E-state index in [0.29, 0.717) is 5.54 Å². The molecule has 0 aliphatic heterocycles. The smallest absolute Gasteiger partial charge is 0.0166 e. The summed E-state index contributed by atoms with van der Waals surface area (Å²) in [4.78, 5) is 0. The van der Waals surface area contributed by atoms with E-state index in [-0.39, 0.29) is 0 Å². The van der Waals surface area contributed by atoms with E-state index >= 15 is 0 Å². The molecular weight excluding hydrogens is 146 g/mol. The van der Waals surface area contributed by atoms with Crippen molar-refractivity contribution in [3.05, 3.63) is 12.2 Å². The van der Waals surface area contributed by atoms with Gasteiger partial charge in [-0.1, -0.05) is 31.9 Å². The van der Waals surface area contributed by atoms with Gasteiger partial charge in [-0.3, -0.25) is 0 Å². The summed E-state index contributed by atoms with van der Waals surface area (Å²) in [5.41, 5.74) is 1.74. The summed E-state index contributed by atoms with van der Waals surface area (Å²) in [6.07, 6.45) is 6.56. The van der Waals surface area contributed by atoms with E-state index in [0.717, 1.165) is 13.0 Å². The van der Waals surface area contributed by atoms with Gasteiger partial charge >= 0.3 is 0 Å². The molecule has 0 aromatic heterocycles. The fraction of sp³-hybridized carbons (Fsp3) is 0.818. The van der Waals surface area contributed by atoms with Crippen LogP contribution in [0.25, 0.3) is 0 Å². The van der Waals surface area contributed by atoms with Crippen molar-refractivity contribution in [3.8, 4) is 0 Å². The van der Waals surface area contributed by atoms with Crippen molar-refractivity contribution < 1.29 is 0 Å². The highest BCUT2D eigenvalue weighted by atomic mass is 15.0. The molecule has 70 valence electrons. The van der Waals surface area contributed by atoms with E-state index in [2.05, 4.69) is 25.7 Å². The summed E-state index contributed by atoms with van der Waals surface area (Å²) in [5, 5.41) is 3.61. The molecule has 1 saturated carbocycles. The Balaban J connectivity index is 2.25. The maximum absolute atomic E-state index is 4.00. The molecule has 0 aromatic carbocycles. The summed E-state index contributed by atoms with van der Waals surface area (Å²) in [6.45, 7) is 9.51. The highest BCUT2D eigenvalue weighted by molar-refractivity contribution is 4.99. The second-order valence-electron chi connectivity index (χ2n) is 4.22. The largest absolute Gasteiger partial charge is 0.308 e. The standard InChI is InChI=1S/C11H21N/c1-4-10(2)9-12-11(3)7-5-6-8-11/h12H,2,4-9H2,1,3H3. The van der Waals surface area contributed by atoms with Gasteiger partial charge in [-0.05, 0) is 26.2 Å². The maximum Gasteiger partial charge on any atom is 0.0166 e. The van der Waals surface area contributed by atoms with Crippen molar-refractivity contribution in [3.63, 3.8) is 0 Å². The molecule has 0 atom stereocenters. The molecule has 1 heteroatoms. The van der Waals surface area contributed by atoms with Gasteiger partial charge in [0, 0.05) is 12.1 Å². The molecule has 1 rings (SSSR count). The van der Waals surface area contributed by atoms with Gasteiger partial charge in [0.2, 0.25) is 0 Å². The van der Waals surface area contributed by atoms with Gasteiger partial charge in [-0.15, -0.1) is 0 Å². The Hall–Kier alpha value is -0.300. The van der Waals surface area contributed by atoms with Crippen LogP contribution in [0.3, 0.4) is 0 Å². The predicted octanol–water partition coefficient (Wildman–Crippen LogP) is 2.87. The fourth-order valence-electron chi connectivity index (χ4n) is 1.80. The SMILES string of the molecule is C=C(CC)CNC1(C)CCCC1. The van der Waals surface area contributed by atoms with Crippen LogP contribution in [0.2, 0.25) is 0 Å². The average Bonchev–Trinajstić information content (AvgIpc) is 2.49.